The van der Waals surface area contributed by atoms with Gasteiger partial charge in [-0.25, -0.2) is 0 Å². The molecule has 7 rings (SSSR count). The molecule has 0 bridgehead atoms. The molecule has 0 radical (unpaired) electrons. The predicted molar refractivity (Wildman–Crippen MR) is 145 cm³/mol. The van der Waals surface area contributed by atoms with Crippen LogP contribution in [0.1, 0.15) is 73.8 Å². The van der Waals surface area contributed by atoms with Crippen LogP contribution in [0.25, 0.3) is 0 Å². The summed E-state index contributed by atoms with van der Waals surface area (Å²) >= 11 is -0.898. The molecule has 4 aliphatic heterocycles. The summed E-state index contributed by atoms with van der Waals surface area (Å²) in [6.45, 7) is 2.72. The number of halogens is 3. The number of alkyl halides is 3. The van der Waals surface area contributed by atoms with Crippen LogP contribution in [0.2, 0.25) is 0 Å². The molecule has 0 amide bonds. The molecule has 3 fully saturated rings. The number of hydrogen-bond donors (Lipinski definition) is 1. The zero-order chi connectivity index (χ0) is 28.2. The van der Waals surface area contributed by atoms with Crippen molar-refractivity contribution in [2.75, 3.05) is 36.8 Å². The van der Waals surface area contributed by atoms with Crippen molar-refractivity contribution in [3.63, 3.8) is 0 Å². The third-order valence-electron chi connectivity index (χ3n) is 9.69. The second-order valence-corrected chi connectivity index (χ2v) is 15.2. The minimum atomic E-state index is -1.82. The first-order chi connectivity index (χ1) is 19.8. The Bertz CT molecular complexity index is 1390. The maximum absolute atomic E-state index is 15.0. The molecule has 1 aromatic carbocycles. The van der Waals surface area contributed by atoms with E-state index in [1.165, 1.54) is 5.56 Å². The number of rotatable bonds is 4. The second kappa shape index (κ2) is 10.5. The summed E-state index contributed by atoms with van der Waals surface area (Å²) in [5.74, 6) is 0.713. The minimum absolute atomic E-state index is 0.124. The van der Waals surface area contributed by atoms with Crippen LogP contribution in [0.3, 0.4) is 0 Å². The quantitative estimate of drug-likeness (QED) is 0.225. The molecule has 2 aromatic rings. The Hall–Kier alpha value is -2.30. The van der Waals surface area contributed by atoms with E-state index in [2.05, 4.69) is 15.9 Å². The van der Waals surface area contributed by atoms with Crippen LogP contribution < -0.4 is 35.3 Å². The fourth-order valence-corrected chi connectivity index (χ4v) is 10.3. The third kappa shape index (κ3) is 4.93. The third-order valence-corrected chi connectivity index (χ3v) is 12.8. The normalized spacial score (nSPS) is 33.2. The first kappa shape index (κ1) is 27.5. The van der Waals surface area contributed by atoms with Gasteiger partial charge in [0.05, 0.1) is 0 Å². The van der Waals surface area contributed by atoms with E-state index in [9.17, 15) is 9.65 Å². The second-order valence-electron chi connectivity index (χ2n) is 12.3. The number of nitrogens with two attached hydrogens (primary N) is 1. The molecule has 0 saturated carbocycles. The van der Waals surface area contributed by atoms with Gasteiger partial charge in [-0.3, -0.25) is 0 Å². The standard InChI is InChI=1S/C30H36F2IN6O2/c31-21-15-30(9-3-12-39(30)17-21)33-41-27-36-25-16-29(8-1-4-20-5-6-22(35)14-24(20)29)40-18-23(25)26(37-27)38-11-2-7-28(32,19-34)10-13-38/h5-6,14,21H,1-4,7-13,15-18,35H2/q-1/t21-,28-,29+,30?/m1/s1. The summed E-state index contributed by atoms with van der Waals surface area (Å²) < 4.78 is 42.4. The van der Waals surface area contributed by atoms with Gasteiger partial charge in [0.2, 0.25) is 0 Å². The monoisotopic (exact) mass is 677 g/mol. The SMILES string of the molecule is N#C[C@@]1(F)CCCN(c2nc(O[I-]C34CCCN3C[C@H](F)C4)nc3c2CO[C@@]2(CCCc4ccc(N)cc42)C3)CC1. The zero-order valence-corrected chi connectivity index (χ0v) is 25.3. The van der Waals surface area contributed by atoms with E-state index in [4.69, 9.17) is 23.5 Å². The Morgan fingerprint density at radius 3 is 2.88 bits per heavy atom. The fourth-order valence-electron chi connectivity index (χ4n) is 7.56. The van der Waals surface area contributed by atoms with Crippen molar-refractivity contribution >= 4 is 11.5 Å². The van der Waals surface area contributed by atoms with Crippen molar-refractivity contribution in [1.82, 2.24) is 14.9 Å². The number of anilines is 2. The molecule has 220 valence electrons. The summed E-state index contributed by atoms with van der Waals surface area (Å²) in [5.41, 5.74) is 8.79. The number of nitriles is 1. The van der Waals surface area contributed by atoms with E-state index >= 15 is 4.39 Å². The Balaban J connectivity index is 1.24. The van der Waals surface area contributed by atoms with E-state index in [1.807, 2.05) is 18.2 Å². The molecule has 4 atom stereocenters. The van der Waals surface area contributed by atoms with E-state index in [0.717, 1.165) is 61.2 Å². The van der Waals surface area contributed by atoms with Crippen LogP contribution in [-0.2, 0) is 29.8 Å². The first-order valence-electron chi connectivity index (χ1n) is 14.8. The van der Waals surface area contributed by atoms with E-state index in [1.54, 1.807) is 0 Å². The van der Waals surface area contributed by atoms with Gasteiger partial charge in [-0.2, -0.15) is 0 Å². The molecule has 3 saturated heterocycles. The number of benzene rings is 1. The predicted octanol–water partition coefficient (Wildman–Crippen LogP) is 1.50. The van der Waals surface area contributed by atoms with Gasteiger partial charge in [0, 0.05) is 0 Å². The van der Waals surface area contributed by atoms with Crippen LogP contribution in [0.15, 0.2) is 18.2 Å². The number of nitrogens with zero attached hydrogens (tertiary/aromatic N) is 5. The van der Waals surface area contributed by atoms with Gasteiger partial charge in [0.25, 0.3) is 0 Å². The molecule has 1 unspecified atom stereocenters. The van der Waals surface area contributed by atoms with Gasteiger partial charge in [-0.05, 0) is 0 Å². The van der Waals surface area contributed by atoms with Gasteiger partial charge in [-0.1, -0.05) is 0 Å². The molecule has 1 spiro atoms. The van der Waals surface area contributed by atoms with Crippen molar-refractivity contribution in [2.24, 2.45) is 0 Å². The van der Waals surface area contributed by atoms with Crippen molar-refractivity contribution in [3.8, 4) is 12.1 Å². The number of nitrogen functional groups attached to an aromatic ring is 1. The summed E-state index contributed by atoms with van der Waals surface area (Å²) in [7, 11) is 0. The van der Waals surface area contributed by atoms with E-state index in [0.29, 0.717) is 57.3 Å². The molecule has 11 heteroatoms. The van der Waals surface area contributed by atoms with E-state index in [-0.39, 0.29) is 16.4 Å². The molecule has 5 heterocycles. The molecule has 41 heavy (non-hydrogen) atoms. The summed E-state index contributed by atoms with van der Waals surface area (Å²) in [6.07, 6.45) is 6.07. The van der Waals surface area contributed by atoms with Gasteiger partial charge in [-0.15, -0.1) is 0 Å². The maximum atomic E-state index is 15.0. The molecule has 1 aromatic heterocycles. The summed E-state index contributed by atoms with van der Waals surface area (Å²) in [4.78, 5) is 14.2. The number of aryl methyl sites for hydroxylation is 1. The Morgan fingerprint density at radius 1 is 1.12 bits per heavy atom. The Morgan fingerprint density at radius 2 is 2.00 bits per heavy atom. The average Bonchev–Trinajstić information content (AvgIpc) is 3.41. The molecule has 5 aliphatic rings. The van der Waals surface area contributed by atoms with Gasteiger partial charge in [0.1, 0.15) is 0 Å². The molecular weight excluding hydrogens is 641 g/mol. The Labute approximate surface area is 250 Å². The average molecular weight is 678 g/mol. The molecule has 8 nitrogen and oxygen atoms in total. The van der Waals surface area contributed by atoms with E-state index < -0.39 is 39.1 Å². The Kier molecular flexibility index (Phi) is 7.02. The summed E-state index contributed by atoms with van der Waals surface area (Å²) in [5, 5.41) is 9.43. The molecule has 1 aliphatic carbocycles. The number of aromatic nitrogens is 2. The van der Waals surface area contributed by atoms with Crippen molar-refractivity contribution in [3.05, 3.63) is 40.6 Å². The van der Waals surface area contributed by atoms with Crippen LogP contribution in [0, 0.1) is 11.3 Å². The van der Waals surface area contributed by atoms with Gasteiger partial charge < -0.3 is 0 Å². The van der Waals surface area contributed by atoms with Gasteiger partial charge >= 0.3 is 251 Å². The topological polar surface area (TPSA) is 101 Å². The van der Waals surface area contributed by atoms with Crippen LogP contribution in [0.4, 0.5) is 20.3 Å². The number of hydrogen-bond acceptors (Lipinski definition) is 8. The zero-order valence-electron chi connectivity index (χ0n) is 23.2. The van der Waals surface area contributed by atoms with Crippen LogP contribution in [0.5, 0.6) is 6.01 Å². The van der Waals surface area contributed by atoms with Gasteiger partial charge in [0.15, 0.2) is 0 Å². The van der Waals surface area contributed by atoms with Crippen molar-refractivity contribution in [2.45, 2.75) is 91.8 Å². The number of fused-ring (bicyclic) bond motifs is 4. The fraction of sp³-hybridized carbons (Fsp3) is 0.633. The van der Waals surface area contributed by atoms with Crippen LogP contribution in [-0.4, -0.2) is 56.4 Å². The summed E-state index contributed by atoms with van der Waals surface area (Å²) in [6, 6.07) is 8.31. The van der Waals surface area contributed by atoms with Crippen molar-refractivity contribution in [1.29, 1.82) is 5.26 Å². The number of ether oxygens (including phenoxy) is 1. The first-order valence-corrected chi connectivity index (χ1v) is 16.8. The van der Waals surface area contributed by atoms with Crippen molar-refractivity contribution < 1.29 is 38.2 Å². The molecular formula is C30H36F2IN6O2-. The van der Waals surface area contributed by atoms with Crippen LogP contribution >= 0.6 is 0 Å². The molecule has 2 N–H and O–H groups in total.